The van der Waals surface area contributed by atoms with Crippen molar-refractivity contribution in [1.82, 2.24) is 24.6 Å². The van der Waals surface area contributed by atoms with Crippen LogP contribution in [0.1, 0.15) is 13.2 Å². The average Bonchev–Trinajstić information content (AvgIpc) is 2.66. The summed E-state index contributed by atoms with van der Waals surface area (Å²) < 4.78 is 36.7. The van der Waals surface area contributed by atoms with Crippen LogP contribution in [0.25, 0.3) is 0 Å². The molecule has 0 aliphatic rings. The van der Waals surface area contributed by atoms with Crippen LogP contribution in [-0.2, 0) is 10.0 Å². The minimum absolute atomic E-state index is 0. The fraction of sp³-hybridized carbons (Fsp3) is 0.267. The summed E-state index contributed by atoms with van der Waals surface area (Å²) >= 11 is 0. The Morgan fingerprint density at radius 2 is 1.72 bits per heavy atom. The number of ether oxygens (including phenoxy) is 2. The van der Waals surface area contributed by atoms with Crippen LogP contribution in [0.2, 0.25) is 0 Å². The number of sulfonamides is 1. The van der Waals surface area contributed by atoms with Gasteiger partial charge in [-0.3, -0.25) is 10.1 Å². The molecule has 0 radical (unpaired) electrons. The molecule has 0 spiro atoms. The van der Waals surface area contributed by atoms with Gasteiger partial charge in [0.05, 0.1) is 25.8 Å². The van der Waals surface area contributed by atoms with Gasteiger partial charge in [0.25, 0.3) is 15.9 Å². The number of urea groups is 1. The first-order valence-electron chi connectivity index (χ1n) is 7.65. The number of hydrogen-bond donors (Lipinski definition) is 2. The molecule has 0 fully saturated rings. The zero-order valence-electron chi connectivity index (χ0n) is 18.2. The maximum atomic E-state index is 12.5. The van der Waals surface area contributed by atoms with Gasteiger partial charge in [-0.05, 0) is 12.1 Å². The fourth-order valence-electron chi connectivity index (χ4n) is 1.98. The predicted molar refractivity (Wildman–Crippen MR) is 105 cm³/mol. The molecule has 2 heterocycles. The number of carbonyl (C=O) groups is 2. The van der Waals surface area contributed by atoms with E-state index in [1.807, 2.05) is 0 Å². The maximum absolute atomic E-state index is 12.5. The largest absolute Gasteiger partial charge is 2.00 e. The Labute approximate surface area is 200 Å². The van der Waals surface area contributed by atoms with Crippen molar-refractivity contribution < 1.29 is 30.3 Å². The van der Waals surface area contributed by atoms with Gasteiger partial charge in [-0.2, -0.15) is 18.4 Å². The van der Waals surface area contributed by atoms with Crippen LogP contribution in [0.5, 0.6) is 11.8 Å². The second-order valence-electron chi connectivity index (χ2n) is 5.39. The minimum atomic E-state index is -4.46. The van der Waals surface area contributed by atoms with Crippen molar-refractivity contribution in [2.24, 2.45) is 0 Å². The molecule has 2 rings (SSSR count). The van der Waals surface area contributed by atoms with E-state index in [9.17, 15) is 18.0 Å². The number of methoxy groups -OCH3 is 2. The summed E-state index contributed by atoms with van der Waals surface area (Å²) in [5, 5.41) is 1.56. The summed E-state index contributed by atoms with van der Waals surface area (Å²) in [6, 6.07) is 2.90. The molecular formula is C15H20CaN6O6S. The first kappa shape index (κ1) is 24.8. The van der Waals surface area contributed by atoms with Crippen molar-refractivity contribution in [3.05, 3.63) is 30.0 Å². The molecule has 0 aliphatic carbocycles. The van der Waals surface area contributed by atoms with Crippen LogP contribution in [0.15, 0.2) is 29.4 Å². The molecule has 0 atom stereocenters. The van der Waals surface area contributed by atoms with Crippen LogP contribution in [0.4, 0.5) is 10.7 Å². The van der Waals surface area contributed by atoms with Crippen LogP contribution in [0.3, 0.4) is 0 Å². The van der Waals surface area contributed by atoms with Crippen molar-refractivity contribution in [3.8, 4) is 11.8 Å². The topological polar surface area (TPSA) is 153 Å². The molecule has 2 aromatic heterocycles. The molecule has 3 amide bonds. The standard InChI is InChI=1S/C15H18N6O6S.Ca.2H/c1-21(2)13(22)9-6-5-7-16-12(9)28(24,25)20-15(23)19-14-17-10(26-3)8-11(18-14)27-4;;;/h5-8H,1-4H3,(H2,17,18,19,20,23);;;/q;+2;2*-1. The Hall–Kier alpha value is -2.22. The van der Waals surface area contributed by atoms with Crippen LogP contribution < -0.4 is 19.5 Å². The van der Waals surface area contributed by atoms with Gasteiger partial charge in [0.15, 0.2) is 5.03 Å². The van der Waals surface area contributed by atoms with E-state index in [4.69, 9.17) is 9.47 Å². The Bertz CT molecular complexity index is 989. The van der Waals surface area contributed by atoms with Crippen molar-refractivity contribution in [1.29, 1.82) is 0 Å². The van der Waals surface area contributed by atoms with Gasteiger partial charge in [0, 0.05) is 20.3 Å². The van der Waals surface area contributed by atoms with Gasteiger partial charge in [-0.25, -0.2) is 14.5 Å². The Morgan fingerprint density at radius 3 is 2.24 bits per heavy atom. The smallest absolute Gasteiger partial charge is 1.00 e. The van der Waals surface area contributed by atoms with Gasteiger partial charge in [0.2, 0.25) is 17.7 Å². The normalized spacial score (nSPS) is 10.3. The summed E-state index contributed by atoms with van der Waals surface area (Å²) in [7, 11) is 1.15. The third kappa shape index (κ3) is 6.39. The van der Waals surface area contributed by atoms with Gasteiger partial charge in [-0.1, -0.05) is 0 Å². The fourth-order valence-corrected chi connectivity index (χ4v) is 3.01. The molecule has 154 valence electrons. The molecule has 12 nitrogen and oxygen atoms in total. The van der Waals surface area contributed by atoms with E-state index in [1.54, 1.807) is 4.72 Å². The summed E-state index contributed by atoms with van der Waals surface area (Å²) in [6.07, 6.45) is 1.19. The Balaban J connectivity index is 0. The maximum Gasteiger partial charge on any atom is 2.00 e. The molecular weight excluding hydrogens is 432 g/mol. The van der Waals surface area contributed by atoms with E-state index < -0.39 is 27.0 Å². The number of pyridine rings is 1. The molecule has 2 aromatic rings. The Kier molecular flexibility index (Phi) is 9.01. The average molecular weight is 453 g/mol. The van der Waals surface area contributed by atoms with Gasteiger partial charge < -0.3 is 17.2 Å². The second-order valence-corrected chi connectivity index (χ2v) is 6.99. The molecule has 14 heteroatoms. The molecule has 0 aliphatic heterocycles. The number of hydrogen-bond acceptors (Lipinski definition) is 9. The zero-order valence-corrected chi connectivity index (χ0v) is 19.2. The molecule has 29 heavy (non-hydrogen) atoms. The van der Waals surface area contributed by atoms with Crippen molar-refractivity contribution in [3.63, 3.8) is 0 Å². The van der Waals surface area contributed by atoms with Gasteiger partial charge in [0.1, 0.15) is 0 Å². The Morgan fingerprint density at radius 1 is 1.14 bits per heavy atom. The number of nitrogens with zero attached hydrogens (tertiary/aromatic N) is 4. The van der Waals surface area contributed by atoms with E-state index in [1.165, 1.54) is 57.6 Å². The summed E-state index contributed by atoms with van der Waals surface area (Å²) in [4.78, 5) is 36.9. The minimum Gasteiger partial charge on any atom is -1.00 e. The van der Waals surface area contributed by atoms with Crippen molar-refractivity contribution in [2.75, 3.05) is 33.6 Å². The third-order valence-electron chi connectivity index (χ3n) is 3.21. The van der Waals surface area contributed by atoms with Gasteiger partial charge >= 0.3 is 43.8 Å². The van der Waals surface area contributed by atoms with E-state index in [-0.39, 0.29) is 63.9 Å². The number of nitrogens with one attached hydrogen (secondary N) is 2. The van der Waals surface area contributed by atoms with Crippen molar-refractivity contribution >= 4 is 65.6 Å². The van der Waals surface area contributed by atoms with Crippen molar-refractivity contribution in [2.45, 2.75) is 5.03 Å². The van der Waals surface area contributed by atoms with E-state index in [0.29, 0.717) is 0 Å². The molecule has 0 bridgehead atoms. The summed E-state index contributed by atoms with van der Waals surface area (Å²) in [5.41, 5.74) is -0.188. The monoisotopic (exact) mass is 452 g/mol. The zero-order chi connectivity index (χ0) is 20.9. The molecule has 0 saturated heterocycles. The van der Waals surface area contributed by atoms with Crippen LogP contribution >= 0.6 is 0 Å². The number of anilines is 1. The van der Waals surface area contributed by atoms with Gasteiger partial charge in [-0.15, -0.1) is 0 Å². The number of carbonyl (C=O) groups excluding carboxylic acids is 2. The quantitative estimate of drug-likeness (QED) is 0.574. The SMILES string of the molecule is COc1cc(OC)nc(NC(=O)NS(=O)(=O)c2ncccc2C(=O)N(C)C)n1.[Ca+2].[H-].[H-]. The van der Waals surface area contributed by atoms with Crippen LogP contribution in [-0.4, -0.2) is 106 Å². The molecule has 0 aromatic carbocycles. The molecule has 2 N–H and O–H groups in total. The molecule has 0 saturated carbocycles. The number of rotatable bonds is 6. The second kappa shape index (κ2) is 10.5. The third-order valence-corrected chi connectivity index (χ3v) is 4.50. The van der Waals surface area contributed by atoms with E-state index >= 15 is 0 Å². The van der Waals surface area contributed by atoms with Crippen LogP contribution in [0, 0.1) is 0 Å². The number of amides is 3. The number of aromatic nitrogens is 3. The molecule has 0 unspecified atom stereocenters. The summed E-state index contributed by atoms with van der Waals surface area (Å²) in [5.74, 6) is -0.661. The van der Waals surface area contributed by atoms with E-state index in [2.05, 4.69) is 20.3 Å². The predicted octanol–water partition coefficient (Wildman–Crippen LogP) is -0.0548. The van der Waals surface area contributed by atoms with E-state index in [0.717, 1.165) is 0 Å². The first-order valence-corrected chi connectivity index (χ1v) is 9.13. The first-order chi connectivity index (χ1) is 13.2. The summed E-state index contributed by atoms with van der Waals surface area (Å²) in [6.45, 7) is 0.